The summed E-state index contributed by atoms with van der Waals surface area (Å²) in [6, 6.07) is 4.78. The van der Waals surface area contributed by atoms with E-state index >= 15 is 0 Å². The first-order valence-corrected chi connectivity index (χ1v) is 7.54. The van der Waals surface area contributed by atoms with Crippen LogP contribution in [-0.4, -0.2) is 41.9 Å². The molecule has 0 N–H and O–H groups in total. The lowest BCUT2D eigenvalue weighted by Gasteiger charge is -2.38. The zero-order valence-corrected chi connectivity index (χ0v) is 12.2. The smallest absolute Gasteiger partial charge is 0.225 e. The predicted molar refractivity (Wildman–Crippen MR) is 75.7 cm³/mol. The summed E-state index contributed by atoms with van der Waals surface area (Å²) >= 11 is 1.81. The predicted octanol–water partition coefficient (Wildman–Crippen LogP) is 2.61. The lowest BCUT2D eigenvalue weighted by atomic mass is 10.1. The van der Waals surface area contributed by atoms with Crippen molar-refractivity contribution in [2.75, 3.05) is 26.2 Å². The Hall–Kier alpha value is -0.870. The van der Waals surface area contributed by atoms with E-state index in [2.05, 4.69) is 29.3 Å². The van der Waals surface area contributed by atoms with Crippen molar-refractivity contribution >= 4 is 17.2 Å². The normalized spacial score (nSPS) is 19.2. The largest absolute Gasteiger partial charge is 0.340 e. The fourth-order valence-corrected chi connectivity index (χ4v) is 3.22. The summed E-state index contributed by atoms with van der Waals surface area (Å²) in [5.41, 5.74) is 0. The second-order valence-corrected chi connectivity index (χ2v) is 6.19. The molecule has 1 aromatic heterocycles. The topological polar surface area (TPSA) is 23.6 Å². The number of carbonyl (C=O) groups excluding carboxylic acids is 1. The Labute approximate surface area is 113 Å². The van der Waals surface area contributed by atoms with Crippen LogP contribution < -0.4 is 0 Å². The van der Waals surface area contributed by atoms with Crippen LogP contribution in [0.15, 0.2) is 17.5 Å². The van der Waals surface area contributed by atoms with Crippen LogP contribution in [0, 0.1) is 5.92 Å². The van der Waals surface area contributed by atoms with Crippen LogP contribution in [-0.2, 0) is 4.79 Å². The minimum absolute atomic E-state index is 0.117. The van der Waals surface area contributed by atoms with Crippen molar-refractivity contribution < 1.29 is 4.79 Å². The van der Waals surface area contributed by atoms with E-state index in [1.807, 2.05) is 30.1 Å². The van der Waals surface area contributed by atoms with Crippen molar-refractivity contribution in [1.82, 2.24) is 9.80 Å². The van der Waals surface area contributed by atoms with Crippen LogP contribution in [0.4, 0.5) is 0 Å². The van der Waals surface area contributed by atoms with Gasteiger partial charge in [-0.15, -0.1) is 11.3 Å². The molecule has 0 radical (unpaired) electrons. The number of piperazine rings is 1. The SMILES string of the molecule is CC(C)C(=O)N1CCN(C(C)c2cccs2)CC1. The Balaban J connectivity index is 1.89. The van der Waals surface area contributed by atoms with Crippen molar-refractivity contribution in [3.05, 3.63) is 22.4 Å². The van der Waals surface area contributed by atoms with Gasteiger partial charge in [0.25, 0.3) is 0 Å². The molecule has 0 bridgehead atoms. The molecule has 18 heavy (non-hydrogen) atoms. The standard InChI is InChI=1S/C14H22N2OS/c1-11(2)14(17)16-8-6-15(7-9-16)12(3)13-5-4-10-18-13/h4-5,10-12H,6-9H2,1-3H3. The maximum Gasteiger partial charge on any atom is 0.225 e. The molecule has 0 saturated carbocycles. The lowest BCUT2D eigenvalue weighted by Crippen LogP contribution is -2.50. The van der Waals surface area contributed by atoms with E-state index < -0.39 is 0 Å². The Morgan fingerprint density at radius 3 is 2.39 bits per heavy atom. The second-order valence-electron chi connectivity index (χ2n) is 5.21. The van der Waals surface area contributed by atoms with Gasteiger partial charge in [0.2, 0.25) is 5.91 Å². The third-order valence-corrected chi connectivity index (χ3v) is 4.67. The van der Waals surface area contributed by atoms with Crippen LogP contribution in [0.25, 0.3) is 0 Å². The highest BCUT2D eigenvalue weighted by molar-refractivity contribution is 7.10. The second kappa shape index (κ2) is 5.85. The van der Waals surface area contributed by atoms with E-state index in [1.165, 1.54) is 4.88 Å². The molecule has 1 amide bonds. The van der Waals surface area contributed by atoms with Gasteiger partial charge in [-0.05, 0) is 18.4 Å². The fraction of sp³-hybridized carbons (Fsp3) is 0.643. The molecule has 1 unspecified atom stereocenters. The number of nitrogens with zero attached hydrogens (tertiary/aromatic N) is 2. The molecule has 3 nitrogen and oxygen atoms in total. The van der Waals surface area contributed by atoms with Crippen molar-refractivity contribution in [3.63, 3.8) is 0 Å². The Bertz CT molecular complexity index is 381. The third kappa shape index (κ3) is 2.93. The number of amides is 1. The molecule has 1 atom stereocenters. The van der Waals surface area contributed by atoms with Crippen LogP contribution in [0.2, 0.25) is 0 Å². The minimum atomic E-state index is 0.117. The molecule has 0 spiro atoms. The van der Waals surface area contributed by atoms with Crippen molar-refractivity contribution in [3.8, 4) is 0 Å². The van der Waals surface area contributed by atoms with Gasteiger partial charge in [-0.2, -0.15) is 0 Å². The van der Waals surface area contributed by atoms with Gasteiger partial charge in [-0.1, -0.05) is 19.9 Å². The summed E-state index contributed by atoms with van der Waals surface area (Å²) in [7, 11) is 0. The Morgan fingerprint density at radius 1 is 1.22 bits per heavy atom. The van der Waals surface area contributed by atoms with E-state index in [-0.39, 0.29) is 5.92 Å². The molecule has 2 rings (SSSR count). The first kappa shape index (κ1) is 13.6. The average Bonchev–Trinajstić information content (AvgIpc) is 2.91. The summed E-state index contributed by atoms with van der Waals surface area (Å²) < 4.78 is 0. The molecule has 1 aromatic rings. The average molecular weight is 266 g/mol. The van der Waals surface area contributed by atoms with Crippen LogP contribution in [0.3, 0.4) is 0 Å². The zero-order valence-electron chi connectivity index (χ0n) is 11.4. The Kier molecular flexibility index (Phi) is 4.40. The number of thiophene rings is 1. The van der Waals surface area contributed by atoms with E-state index in [0.717, 1.165) is 26.2 Å². The van der Waals surface area contributed by atoms with Gasteiger partial charge in [0, 0.05) is 43.0 Å². The highest BCUT2D eigenvalue weighted by Gasteiger charge is 2.25. The molecule has 100 valence electrons. The highest BCUT2D eigenvalue weighted by atomic mass is 32.1. The molecule has 1 aliphatic rings. The van der Waals surface area contributed by atoms with E-state index in [9.17, 15) is 4.79 Å². The maximum atomic E-state index is 11.9. The first-order chi connectivity index (χ1) is 8.59. The molecular formula is C14H22N2OS. The van der Waals surface area contributed by atoms with Crippen LogP contribution >= 0.6 is 11.3 Å². The molecule has 0 aliphatic carbocycles. The molecule has 2 heterocycles. The van der Waals surface area contributed by atoms with Gasteiger partial charge < -0.3 is 4.90 Å². The van der Waals surface area contributed by atoms with Gasteiger partial charge in [0.15, 0.2) is 0 Å². The van der Waals surface area contributed by atoms with Gasteiger partial charge in [0.1, 0.15) is 0 Å². The van der Waals surface area contributed by atoms with E-state index in [1.54, 1.807) is 0 Å². The molecule has 1 aliphatic heterocycles. The van der Waals surface area contributed by atoms with Crippen LogP contribution in [0.1, 0.15) is 31.7 Å². The molecule has 1 fully saturated rings. The summed E-state index contributed by atoms with van der Waals surface area (Å²) in [6.45, 7) is 9.91. The summed E-state index contributed by atoms with van der Waals surface area (Å²) in [5.74, 6) is 0.407. The maximum absolute atomic E-state index is 11.9. The number of carbonyl (C=O) groups is 1. The summed E-state index contributed by atoms with van der Waals surface area (Å²) in [5, 5.41) is 2.13. The van der Waals surface area contributed by atoms with Gasteiger partial charge in [-0.3, -0.25) is 9.69 Å². The van der Waals surface area contributed by atoms with Gasteiger partial charge in [-0.25, -0.2) is 0 Å². The zero-order chi connectivity index (χ0) is 13.1. The van der Waals surface area contributed by atoms with Crippen molar-refractivity contribution in [1.29, 1.82) is 0 Å². The Morgan fingerprint density at radius 2 is 1.89 bits per heavy atom. The molecule has 4 heteroatoms. The van der Waals surface area contributed by atoms with Crippen molar-refractivity contribution in [2.24, 2.45) is 5.92 Å². The van der Waals surface area contributed by atoms with Crippen LogP contribution in [0.5, 0.6) is 0 Å². The van der Waals surface area contributed by atoms with Gasteiger partial charge in [0.05, 0.1) is 0 Å². The number of rotatable bonds is 3. The molecular weight excluding hydrogens is 244 g/mol. The number of hydrogen-bond donors (Lipinski definition) is 0. The van der Waals surface area contributed by atoms with E-state index in [0.29, 0.717) is 11.9 Å². The minimum Gasteiger partial charge on any atom is -0.340 e. The fourth-order valence-electron chi connectivity index (χ4n) is 2.40. The summed E-state index contributed by atoms with van der Waals surface area (Å²) in [4.78, 5) is 17.8. The first-order valence-electron chi connectivity index (χ1n) is 6.66. The lowest BCUT2D eigenvalue weighted by molar-refractivity contribution is -0.136. The summed E-state index contributed by atoms with van der Waals surface area (Å²) in [6.07, 6.45) is 0. The molecule has 1 saturated heterocycles. The molecule has 0 aromatic carbocycles. The number of hydrogen-bond acceptors (Lipinski definition) is 3. The quantitative estimate of drug-likeness (QED) is 0.839. The van der Waals surface area contributed by atoms with Gasteiger partial charge >= 0.3 is 0 Å². The highest BCUT2D eigenvalue weighted by Crippen LogP contribution is 2.25. The van der Waals surface area contributed by atoms with Crippen molar-refractivity contribution in [2.45, 2.75) is 26.8 Å². The third-order valence-electron chi connectivity index (χ3n) is 3.62. The van der Waals surface area contributed by atoms with E-state index in [4.69, 9.17) is 0 Å². The monoisotopic (exact) mass is 266 g/mol.